The predicted molar refractivity (Wildman–Crippen MR) is 51.0 cm³/mol. The largest absolute Gasteiger partial charge is 0.390 e. The maximum Gasteiger partial charge on any atom is 0.0849 e. The molecule has 0 saturated carbocycles. The molecule has 2 N–H and O–H groups in total. The third-order valence-corrected chi connectivity index (χ3v) is 2.45. The van der Waals surface area contributed by atoms with Gasteiger partial charge in [-0.1, -0.05) is 20.3 Å². The molecule has 0 aliphatic heterocycles. The van der Waals surface area contributed by atoms with E-state index in [1.807, 2.05) is 0 Å². The molecule has 0 fully saturated rings. The van der Waals surface area contributed by atoms with Gasteiger partial charge in [0.2, 0.25) is 0 Å². The average Bonchev–Trinajstić information content (AvgIpc) is 1.97. The van der Waals surface area contributed by atoms with Gasteiger partial charge in [-0.3, -0.25) is 0 Å². The average molecular weight is 174 g/mol. The Morgan fingerprint density at radius 2 is 1.75 bits per heavy atom. The van der Waals surface area contributed by atoms with E-state index in [0.29, 0.717) is 12.3 Å². The van der Waals surface area contributed by atoms with Crippen LogP contribution in [0, 0.1) is 5.92 Å². The first-order valence-corrected chi connectivity index (χ1v) is 4.78. The molecule has 74 valence electrons. The van der Waals surface area contributed by atoms with Gasteiger partial charge in [-0.15, -0.1) is 0 Å². The fourth-order valence-corrected chi connectivity index (χ4v) is 1.000. The van der Waals surface area contributed by atoms with Crippen LogP contribution >= 0.6 is 0 Å². The van der Waals surface area contributed by atoms with Crippen LogP contribution in [-0.4, -0.2) is 21.9 Å². The standard InChI is InChI=1S/C10H22O2/c1-5-8(2)6-7-9(11)10(3,4)12/h8-9,11-12H,5-7H2,1-4H3. The van der Waals surface area contributed by atoms with E-state index in [1.165, 1.54) is 0 Å². The summed E-state index contributed by atoms with van der Waals surface area (Å²) in [7, 11) is 0. The lowest BCUT2D eigenvalue weighted by molar-refractivity contribution is -0.0534. The van der Waals surface area contributed by atoms with E-state index in [4.69, 9.17) is 0 Å². The molecular formula is C10H22O2. The number of hydrogen-bond acceptors (Lipinski definition) is 2. The molecule has 0 spiro atoms. The van der Waals surface area contributed by atoms with E-state index in [9.17, 15) is 10.2 Å². The molecule has 0 aromatic heterocycles. The van der Waals surface area contributed by atoms with Crippen molar-refractivity contribution in [2.24, 2.45) is 5.92 Å². The molecule has 0 saturated heterocycles. The van der Waals surface area contributed by atoms with Crippen LogP contribution < -0.4 is 0 Å². The second kappa shape index (κ2) is 4.83. The van der Waals surface area contributed by atoms with Crippen molar-refractivity contribution in [2.45, 2.75) is 58.7 Å². The van der Waals surface area contributed by atoms with Crippen molar-refractivity contribution in [1.29, 1.82) is 0 Å². The van der Waals surface area contributed by atoms with Gasteiger partial charge in [-0.2, -0.15) is 0 Å². The maximum absolute atomic E-state index is 9.48. The van der Waals surface area contributed by atoms with Crippen LogP contribution in [0.4, 0.5) is 0 Å². The summed E-state index contributed by atoms with van der Waals surface area (Å²) in [6.07, 6.45) is 2.23. The van der Waals surface area contributed by atoms with Gasteiger partial charge in [-0.25, -0.2) is 0 Å². The molecule has 12 heavy (non-hydrogen) atoms. The zero-order valence-electron chi connectivity index (χ0n) is 8.67. The van der Waals surface area contributed by atoms with Gasteiger partial charge in [0.1, 0.15) is 0 Å². The molecule has 0 aliphatic rings. The fraction of sp³-hybridized carbons (Fsp3) is 1.00. The predicted octanol–water partition coefficient (Wildman–Crippen LogP) is 1.94. The van der Waals surface area contributed by atoms with E-state index >= 15 is 0 Å². The molecule has 0 aromatic carbocycles. The molecule has 0 rings (SSSR count). The molecule has 2 heteroatoms. The number of hydrogen-bond donors (Lipinski definition) is 2. The van der Waals surface area contributed by atoms with E-state index in [1.54, 1.807) is 13.8 Å². The quantitative estimate of drug-likeness (QED) is 0.668. The Morgan fingerprint density at radius 1 is 1.25 bits per heavy atom. The minimum Gasteiger partial charge on any atom is -0.390 e. The second-order valence-corrected chi connectivity index (χ2v) is 4.26. The van der Waals surface area contributed by atoms with E-state index in [0.717, 1.165) is 12.8 Å². The van der Waals surface area contributed by atoms with Crippen molar-refractivity contribution >= 4 is 0 Å². The fourth-order valence-electron chi connectivity index (χ4n) is 1.000. The van der Waals surface area contributed by atoms with Crippen molar-refractivity contribution in [3.63, 3.8) is 0 Å². The van der Waals surface area contributed by atoms with E-state index in [-0.39, 0.29) is 0 Å². The third-order valence-electron chi connectivity index (χ3n) is 2.45. The summed E-state index contributed by atoms with van der Waals surface area (Å²) in [6, 6.07) is 0. The molecule has 0 bridgehead atoms. The first-order valence-electron chi connectivity index (χ1n) is 4.78. The lowest BCUT2D eigenvalue weighted by Crippen LogP contribution is -2.35. The highest BCUT2D eigenvalue weighted by atomic mass is 16.3. The van der Waals surface area contributed by atoms with Crippen molar-refractivity contribution in [3.05, 3.63) is 0 Å². The smallest absolute Gasteiger partial charge is 0.0849 e. The molecule has 0 radical (unpaired) electrons. The van der Waals surface area contributed by atoms with Crippen LogP contribution in [0.3, 0.4) is 0 Å². The van der Waals surface area contributed by atoms with Gasteiger partial charge in [0.05, 0.1) is 11.7 Å². The van der Waals surface area contributed by atoms with E-state index in [2.05, 4.69) is 13.8 Å². The highest BCUT2D eigenvalue weighted by molar-refractivity contribution is 4.76. The number of rotatable bonds is 5. The molecular weight excluding hydrogens is 152 g/mol. The van der Waals surface area contributed by atoms with Crippen molar-refractivity contribution in [1.82, 2.24) is 0 Å². The van der Waals surface area contributed by atoms with Crippen LogP contribution in [0.5, 0.6) is 0 Å². The summed E-state index contributed by atoms with van der Waals surface area (Å²) >= 11 is 0. The topological polar surface area (TPSA) is 40.5 Å². The molecule has 0 aliphatic carbocycles. The van der Waals surface area contributed by atoms with Gasteiger partial charge in [0, 0.05) is 0 Å². The molecule has 2 atom stereocenters. The highest BCUT2D eigenvalue weighted by Gasteiger charge is 2.24. The summed E-state index contributed by atoms with van der Waals surface area (Å²) in [5.41, 5.74) is -0.951. The zero-order valence-corrected chi connectivity index (χ0v) is 8.67. The van der Waals surface area contributed by atoms with Gasteiger partial charge >= 0.3 is 0 Å². The van der Waals surface area contributed by atoms with Gasteiger partial charge in [-0.05, 0) is 32.6 Å². The molecule has 2 nitrogen and oxygen atoms in total. The Balaban J connectivity index is 3.64. The van der Waals surface area contributed by atoms with Crippen LogP contribution in [0.1, 0.15) is 47.0 Å². The lowest BCUT2D eigenvalue weighted by Gasteiger charge is -2.25. The van der Waals surface area contributed by atoms with Crippen molar-refractivity contribution in [2.75, 3.05) is 0 Å². The summed E-state index contributed by atoms with van der Waals surface area (Å²) < 4.78 is 0. The Bertz CT molecular complexity index is 115. The summed E-state index contributed by atoms with van der Waals surface area (Å²) in [6.45, 7) is 7.60. The van der Waals surface area contributed by atoms with Crippen LogP contribution in [0.15, 0.2) is 0 Å². The molecule has 0 aromatic rings. The maximum atomic E-state index is 9.48. The summed E-state index contributed by atoms with van der Waals surface area (Å²) in [4.78, 5) is 0. The molecule has 2 unspecified atom stereocenters. The summed E-state index contributed by atoms with van der Waals surface area (Å²) in [5.74, 6) is 0.641. The van der Waals surface area contributed by atoms with Crippen LogP contribution in [0.2, 0.25) is 0 Å². The van der Waals surface area contributed by atoms with Gasteiger partial charge in [0.25, 0.3) is 0 Å². The number of aliphatic hydroxyl groups excluding tert-OH is 1. The molecule has 0 heterocycles. The first kappa shape index (κ1) is 11.9. The van der Waals surface area contributed by atoms with E-state index < -0.39 is 11.7 Å². The van der Waals surface area contributed by atoms with Crippen LogP contribution in [0.25, 0.3) is 0 Å². The lowest BCUT2D eigenvalue weighted by atomic mass is 9.93. The van der Waals surface area contributed by atoms with Crippen molar-refractivity contribution < 1.29 is 10.2 Å². The normalized spacial score (nSPS) is 17.5. The Labute approximate surface area is 75.6 Å². The summed E-state index contributed by atoms with van der Waals surface area (Å²) in [5, 5.41) is 18.9. The number of aliphatic hydroxyl groups is 2. The third kappa shape index (κ3) is 4.73. The van der Waals surface area contributed by atoms with Gasteiger partial charge < -0.3 is 10.2 Å². The van der Waals surface area contributed by atoms with Crippen LogP contribution in [-0.2, 0) is 0 Å². The van der Waals surface area contributed by atoms with Crippen molar-refractivity contribution in [3.8, 4) is 0 Å². The molecule has 0 amide bonds. The Hall–Kier alpha value is -0.0800. The highest BCUT2D eigenvalue weighted by Crippen LogP contribution is 2.17. The minimum atomic E-state index is -0.951. The minimum absolute atomic E-state index is 0.591. The second-order valence-electron chi connectivity index (χ2n) is 4.26. The first-order chi connectivity index (χ1) is 5.38. The monoisotopic (exact) mass is 174 g/mol. The Morgan fingerprint density at radius 3 is 2.08 bits per heavy atom. The zero-order chi connectivity index (χ0) is 9.78. The SMILES string of the molecule is CCC(C)CCC(O)C(C)(C)O. The Kier molecular flexibility index (Phi) is 4.80. The van der Waals surface area contributed by atoms with Gasteiger partial charge in [0.15, 0.2) is 0 Å².